The molecular formula is C14H16F2N2O2. The number of hydrogen-bond acceptors (Lipinski definition) is 2. The zero-order valence-electron chi connectivity index (χ0n) is 11.4. The van der Waals surface area contributed by atoms with Gasteiger partial charge in [0.1, 0.15) is 12.1 Å². The zero-order chi connectivity index (χ0) is 14.9. The fraction of sp³-hybridized carbons (Fsp3) is 0.429. The van der Waals surface area contributed by atoms with Gasteiger partial charge in [-0.15, -0.1) is 0 Å². The molecule has 0 aromatic heterocycles. The van der Waals surface area contributed by atoms with Crippen molar-refractivity contribution in [2.24, 2.45) is 0 Å². The summed E-state index contributed by atoms with van der Waals surface area (Å²) in [5.74, 6) is -2.63. The van der Waals surface area contributed by atoms with Crippen LogP contribution in [-0.2, 0) is 9.59 Å². The summed E-state index contributed by atoms with van der Waals surface area (Å²) in [4.78, 5) is 25.6. The number of hydrogen-bond donors (Lipinski definition) is 1. The number of benzene rings is 1. The molecule has 1 aliphatic heterocycles. The molecule has 0 atom stereocenters. The van der Waals surface area contributed by atoms with Gasteiger partial charge in [0.25, 0.3) is 5.91 Å². The fourth-order valence-electron chi connectivity index (χ4n) is 2.42. The molecule has 0 spiro atoms. The molecule has 2 rings (SSSR count). The molecule has 0 aliphatic carbocycles. The van der Waals surface area contributed by atoms with Crippen molar-refractivity contribution in [1.29, 1.82) is 0 Å². The van der Waals surface area contributed by atoms with Crippen LogP contribution in [0.25, 0.3) is 0 Å². The molecule has 0 saturated carbocycles. The molecule has 1 fully saturated rings. The van der Waals surface area contributed by atoms with Crippen LogP contribution < -0.4 is 10.2 Å². The molecule has 20 heavy (non-hydrogen) atoms. The van der Waals surface area contributed by atoms with E-state index in [1.54, 1.807) is 13.8 Å². The normalized spacial score (nSPS) is 18.1. The monoisotopic (exact) mass is 282 g/mol. The Morgan fingerprint density at radius 2 is 1.85 bits per heavy atom. The Morgan fingerprint density at radius 3 is 2.40 bits per heavy atom. The van der Waals surface area contributed by atoms with Crippen LogP contribution in [0, 0.1) is 11.6 Å². The molecule has 6 heteroatoms. The van der Waals surface area contributed by atoms with Gasteiger partial charge in [-0.3, -0.25) is 9.59 Å². The smallest absolute Gasteiger partial charge is 0.253 e. The first-order chi connectivity index (χ1) is 9.43. The third-order valence-electron chi connectivity index (χ3n) is 3.76. The lowest BCUT2D eigenvalue weighted by Crippen LogP contribution is -2.66. The Bertz CT molecular complexity index is 556. The second-order valence-electron chi connectivity index (χ2n) is 4.83. The van der Waals surface area contributed by atoms with E-state index in [0.29, 0.717) is 12.8 Å². The summed E-state index contributed by atoms with van der Waals surface area (Å²) in [6.45, 7) is 3.42. The molecule has 4 nitrogen and oxygen atoms in total. The second-order valence-corrected chi connectivity index (χ2v) is 4.83. The first kappa shape index (κ1) is 14.4. The Kier molecular flexibility index (Phi) is 3.74. The van der Waals surface area contributed by atoms with Crippen LogP contribution in [0.15, 0.2) is 18.2 Å². The van der Waals surface area contributed by atoms with Crippen LogP contribution >= 0.6 is 0 Å². The summed E-state index contributed by atoms with van der Waals surface area (Å²) < 4.78 is 26.3. The highest BCUT2D eigenvalue weighted by Gasteiger charge is 2.44. The average Bonchev–Trinajstić information content (AvgIpc) is 2.44. The first-order valence-corrected chi connectivity index (χ1v) is 6.51. The number of piperazine rings is 1. The number of rotatable bonds is 3. The molecule has 1 aromatic carbocycles. The maximum atomic E-state index is 13.3. The zero-order valence-corrected chi connectivity index (χ0v) is 11.4. The highest BCUT2D eigenvalue weighted by molar-refractivity contribution is 6.09. The van der Waals surface area contributed by atoms with Crippen molar-refractivity contribution in [3.63, 3.8) is 0 Å². The number of carbonyl (C=O) groups is 2. The van der Waals surface area contributed by atoms with Gasteiger partial charge in [-0.25, -0.2) is 8.78 Å². The van der Waals surface area contributed by atoms with E-state index < -0.39 is 17.2 Å². The van der Waals surface area contributed by atoms with Crippen molar-refractivity contribution in [3.05, 3.63) is 29.8 Å². The van der Waals surface area contributed by atoms with Gasteiger partial charge < -0.3 is 10.2 Å². The van der Waals surface area contributed by atoms with Crippen molar-refractivity contribution in [2.75, 3.05) is 11.4 Å². The predicted molar refractivity (Wildman–Crippen MR) is 70.2 cm³/mol. The van der Waals surface area contributed by atoms with E-state index >= 15 is 0 Å². The van der Waals surface area contributed by atoms with Crippen molar-refractivity contribution in [2.45, 2.75) is 32.2 Å². The maximum absolute atomic E-state index is 13.3. The lowest BCUT2D eigenvalue weighted by molar-refractivity contribution is -0.136. The number of halogens is 2. The summed E-state index contributed by atoms with van der Waals surface area (Å²) >= 11 is 0. The third kappa shape index (κ3) is 2.26. The van der Waals surface area contributed by atoms with Crippen molar-refractivity contribution < 1.29 is 18.4 Å². The van der Waals surface area contributed by atoms with Crippen molar-refractivity contribution in [1.82, 2.24) is 5.32 Å². The third-order valence-corrected chi connectivity index (χ3v) is 3.76. The molecule has 0 radical (unpaired) electrons. The van der Waals surface area contributed by atoms with Crippen LogP contribution in [0.1, 0.15) is 26.7 Å². The summed E-state index contributed by atoms with van der Waals surface area (Å²) in [5, 5.41) is 2.71. The summed E-state index contributed by atoms with van der Waals surface area (Å²) in [6, 6.07) is 3.18. The largest absolute Gasteiger partial charge is 0.340 e. The van der Waals surface area contributed by atoms with E-state index in [2.05, 4.69) is 5.32 Å². The lowest BCUT2D eigenvalue weighted by Gasteiger charge is -2.41. The van der Waals surface area contributed by atoms with Crippen molar-refractivity contribution >= 4 is 17.5 Å². The summed E-state index contributed by atoms with van der Waals surface area (Å²) in [5.41, 5.74) is -0.782. The highest BCUT2D eigenvalue weighted by atomic mass is 19.2. The minimum atomic E-state index is -1.04. The maximum Gasteiger partial charge on any atom is 0.253 e. The Morgan fingerprint density at radius 1 is 1.20 bits per heavy atom. The number of anilines is 1. The first-order valence-electron chi connectivity index (χ1n) is 6.51. The van der Waals surface area contributed by atoms with E-state index in [0.717, 1.165) is 12.1 Å². The Balaban J connectivity index is 2.42. The van der Waals surface area contributed by atoms with E-state index in [1.165, 1.54) is 11.0 Å². The van der Waals surface area contributed by atoms with Crippen molar-refractivity contribution in [3.8, 4) is 0 Å². The highest BCUT2D eigenvalue weighted by Crippen LogP contribution is 2.27. The SMILES string of the molecule is CCC1(CC)NC(=O)CN(c2ccc(F)c(F)c2)C1=O. The molecule has 0 bridgehead atoms. The van der Waals surface area contributed by atoms with E-state index in [1.807, 2.05) is 0 Å². The van der Waals surface area contributed by atoms with Gasteiger partial charge in [0.05, 0.1) is 0 Å². The molecule has 1 aliphatic rings. The number of carbonyl (C=O) groups excluding carboxylic acids is 2. The minimum absolute atomic E-state index is 0.189. The van der Waals surface area contributed by atoms with Gasteiger partial charge in [-0.1, -0.05) is 13.8 Å². The molecule has 2 amide bonds. The fourth-order valence-corrected chi connectivity index (χ4v) is 2.42. The molecule has 1 heterocycles. The van der Waals surface area contributed by atoms with Crippen LogP contribution in [0.4, 0.5) is 14.5 Å². The number of amides is 2. The molecule has 0 unspecified atom stereocenters. The standard InChI is InChI=1S/C14H16F2N2O2/c1-3-14(4-2)13(20)18(8-12(19)17-14)9-5-6-10(15)11(16)7-9/h5-7H,3-4,8H2,1-2H3,(H,17,19). The lowest BCUT2D eigenvalue weighted by atomic mass is 9.88. The predicted octanol–water partition coefficient (Wildman–Crippen LogP) is 1.99. The summed E-state index contributed by atoms with van der Waals surface area (Å²) in [7, 11) is 0. The molecular weight excluding hydrogens is 266 g/mol. The average molecular weight is 282 g/mol. The Hall–Kier alpha value is -1.98. The van der Waals surface area contributed by atoms with Crippen LogP contribution in [-0.4, -0.2) is 23.9 Å². The Labute approximate surface area is 115 Å². The van der Waals surface area contributed by atoms with Gasteiger partial charge in [-0.2, -0.15) is 0 Å². The van der Waals surface area contributed by atoms with Gasteiger partial charge in [-0.05, 0) is 25.0 Å². The molecule has 1 saturated heterocycles. The molecule has 108 valence electrons. The van der Waals surface area contributed by atoms with Gasteiger partial charge in [0.15, 0.2) is 11.6 Å². The van der Waals surface area contributed by atoms with Gasteiger partial charge in [0.2, 0.25) is 5.91 Å². The number of nitrogens with one attached hydrogen (secondary N) is 1. The second kappa shape index (κ2) is 5.19. The molecule has 1 aromatic rings. The quantitative estimate of drug-likeness (QED) is 0.921. The van der Waals surface area contributed by atoms with Crippen LogP contribution in [0.2, 0.25) is 0 Å². The van der Waals surface area contributed by atoms with E-state index in [4.69, 9.17) is 0 Å². The minimum Gasteiger partial charge on any atom is -0.340 e. The van der Waals surface area contributed by atoms with Gasteiger partial charge >= 0.3 is 0 Å². The number of nitrogens with zero attached hydrogens (tertiary/aromatic N) is 1. The van der Waals surface area contributed by atoms with Crippen LogP contribution in [0.5, 0.6) is 0 Å². The summed E-state index contributed by atoms with van der Waals surface area (Å²) in [6.07, 6.45) is 0.877. The van der Waals surface area contributed by atoms with E-state index in [-0.39, 0.29) is 24.0 Å². The molecule has 1 N–H and O–H groups in total. The van der Waals surface area contributed by atoms with E-state index in [9.17, 15) is 18.4 Å². The van der Waals surface area contributed by atoms with Crippen LogP contribution in [0.3, 0.4) is 0 Å². The van der Waals surface area contributed by atoms with Gasteiger partial charge in [0, 0.05) is 11.8 Å². The topological polar surface area (TPSA) is 49.4 Å².